The number of H-pyrrole nitrogens is 1. The number of fused-ring (bicyclic) bond motifs is 4. The van der Waals surface area contributed by atoms with Crippen molar-refractivity contribution in [2.24, 2.45) is 5.92 Å². The molecule has 1 atom stereocenters. The molecule has 29 heavy (non-hydrogen) atoms. The molecule has 8 heteroatoms. The van der Waals surface area contributed by atoms with E-state index in [-0.39, 0.29) is 17.1 Å². The van der Waals surface area contributed by atoms with Gasteiger partial charge in [-0.3, -0.25) is 9.59 Å². The molecule has 0 bridgehead atoms. The Bertz CT molecular complexity index is 1170. The van der Waals surface area contributed by atoms with Crippen LogP contribution in [-0.2, 0) is 12.8 Å². The van der Waals surface area contributed by atoms with Crippen LogP contribution < -0.4 is 15.0 Å². The van der Waals surface area contributed by atoms with E-state index in [1.54, 1.807) is 29.5 Å². The number of ketones is 1. The molecule has 0 unspecified atom stereocenters. The van der Waals surface area contributed by atoms with Crippen LogP contribution in [0.15, 0.2) is 28.2 Å². The number of nitrogens with one attached hydrogen (secondary N) is 1. The summed E-state index contributed by atoms with van der Waals surface area (Å²) in [7, 11) is 0. The SMILES string of the molecule is C[C@H]1CCc2c(sc3nc(SCC(=O)c4ccc5c(c4)OCCO5)[nH]c(=O)c23)C1. The van der Waals surface area contributed by atoms with Crippen LogP contribution in [0.3, 0.4) is 0 Å². The first-order valence-corrected chi connectivity index (χ1v) is 11.5. The Morgan fingerprint density at radius 1 is 1.31 bits per heavy atom. The molecular weight excluding hydrogens is 408 g/mol. The van der Waals surface area contributed by atoms with Gasteiger partial charge in [-0.1, -0.05) is 18.7 Å². The Morgan fingerprint density at radius 3 is 3.00 bits per heavy atom. The number of aromatic nitrogens is 2. The van der Waals surface area contributed by atoms with Gasteiger partial charge >= 0.3 is 0 Å². The number of hydrogen-bond donors (Lipinski definition) is 1. The van der Waals surface area contributed by atoms with Crippen molar-refractivity contribution >= 4 is 39.1 Å². The molecule has 1 aliphatic carbocycles. The van der Waals surface area contributed by atoms with Gasteiger partial charge in [-0.05, 0) is 48.9 Å². The predicted molar refractivity (Wildman–Crippen MR) is 114 cm³/mol. The van der Waals surface area contributed by atoms with Crippen molar-refractivity contribution in [1.29, 1.82) is 0 Å². The maximum absolute atomic E-state index is 12.7. The fourth-order valence-corrected chi connectivity index (χ4v) is 6.03. The molecule has 0 spiro atoms. The van der Waals surface area contributed by atoms with E-state index >= 15 is 0 Å². The summed E-state index contributed by atoms with van der Waals surface area (Å²) in [4.78, 5) is 34.8. The number of thioether (sulfide) groups is 1. The second kappa shape index (κ2) is 7.50. The van der Waals surface area contributed by atoms with Crippen molar-refractivity contribution in [1.82, 2.24) is 9.97 Å². The fraction of sp³-hybridized carbons (Fsp3) is 0.381. The Kier molecular flexibility index (Phi) is 4.83. The molecule has 1 aromatic carbocycles. The number of hydrogen-bond acceptors (Lipinski definition) is 7. The van der Waals surface area contributed by atoms with E-state index < -0.39 is 0 Å². The molecule has 2 aromatic heterocycles. The minimum Gasteiger partial charge on any atom is -0.486 e. The largest absolute Gasteiger partial charge is 0.486 e. The molecule has 150 valence electrons. The third-order valence-electron chi connectivity index (χ3n) is 5.35. The lowest BCUT2D eigenvalue weighted by atomic mass is 9.89. The summed E-state index contributed by atoms with van der Waals surface area (Å²) in [6, 6.07) is 5.21. The molecule has 0 fully saturated rings. The van der Waals surface area contributed by atoms with Crippen LogP contribution in [-0.4, -0.2) is 34.7 Å². The topological polar surface area (TPSA) is 81.3 Å². The number of nitrogens with zero attached hydrogens (tertiary/aromatic N) is 1. The zero-order valence-corrected chi connectivity index (χ0v) is 17.6. The number of aromatic amines is 1. The van der Waals surface area contributed by atoms with Crippen LogP contribution in [0.1, 0.15) is 34.1 Å². The summed E-state index contributed by atoms with van der Waals surface area (Å²) < 4.78 is 11.0. The second-order valence-corrected chi connectivity index (χ2v) is 9.52. The van der Waals surface area contributed by atoms with E-state index in [9.17, 15) is 9.59 Å². The van der Waals surface area contributed by atoms with Crippen molar-refractivity contribution in [2.75, 3.05) is 19.0 Å². The molecule has 0 radical (unpaired) electrons. The van der Waals surface area contributed by atoms with Crippen molar-refractivity contribution in [3.8, 4) is 11.5 Å². The number of ether oxygens (including phenoxy) is 2. The highest BCUT2D eigenvalue weighted by molar-refractivity contribution is 7.99. The van der Waals surface area contributed by atoms with Gasteiger partial charge in [0.1, 0.15) is 18.0 Å². The summed E-state index contributed by atoms with van der Waals surface area (Å²) in [6.45, 7) is 3.24. The van der Waals surface area contributed by atoms with Gasteiger partial charge < -0.3 is 14.5 Å². The number of benzene rings is 1. The first-order chi connectivity index (χ1) is 14.1. The average molecular weight is 429 g/mol. The lowest BCUT2D eigenvalue weighted by molar-refractivity contribution is 0.102. The summed E-state index contributed by atoms with van der Waals surface area (Å²) in [5, 5.41) is 1.22. The number of rotatable bonds is 4. The summed E-state index contributed by atoms with van der Waals surface area (Å²) in [5.41, 5.74) is 1.63. The van der Waals surface area contributed by atoms with Crippen LogP contribution >= 0.6 is 23.1 Å². The molecule has 6 nitrogen and oxygen atoms in total. The Hall–Kier alpha value is -2.32. The predicted octanol–water partition coefficient (Wildman–Crippen LogP) is 3.86. The van der Waals surface area contributed by atoms with E-state index in [4.69, 9.17) is 9.47 Å². The normalized spacial score (nSPS) is 17.9. The minimum absolute atomic E-state index is 0.0472. The number of carbonyl (C=O) groups excluding carboxylic acids is 1. The zero-order valence-electron chi connectivity index (χ0n) is 15.9. The molecule has 3 heterocycles. The standard InChI is InChI=1S/C21H20N2O4S2/c1-11-2-4-13-17(8-11)29-20-18(13)19(25)22-21(23-20)28-10-14(24)12-3-5-15-16(9-12)27-7-6-26-15/h3,5,9,11H,2,4,6-8,10H2,1H3,(H,22,23,25)/t11-/m0/s1. The molecule has 0 amide bonds. The molecule has 1 N–H and O–H groups in total. The van der Waals surface area contributed by atoms with Crippen molar-refractivity contribution < 1.29 is 14.3 Å². The number of aryl methyl sites for hydroxylation is 1. The summed E-state index contributed by atoms with van der Waals surface area (Å²) in [5.74, 6) is 2.04. The van der Waals surface area contributed by atoms with Crippen molar-refractivity contribution in [3.05, 3.63) is 44.6 Å². The summed E-state index contributed by atoms with van der Waals surface area (Å²) >= 11 is 2.87. The van der Waals surface area contributed by atoms with Crippen LogP contribution in [0.4, 0.5) is 0 Å². The van der Waals surface area contributed by atoms with Gasteiger partial charge in [0.25, 0.3) is 5.56 Å². The number of carbonyl (C=O) groups is 1. The molecule has 3 aromatic rings. The van der Waals surface area contributed by atoms with Gasteiger partial charge in [-0.2, -0.15) is 0 Å². The highest BCUT2D eigenvalue weighted by atomic mass is 32.2. The Morgan fingerprint density at radius 2 is 2.14 bits per heavy atom. The van der Waals surface area contributed by atoms with Gasteiger partial charge in [0, 0.05) is 10.4 Å². The van der Waals surface area contributed by atoms with Gasteiger partial charge in [0.2, 0.25) is 0 Å². The summed E-state index contributed by atoms with van der Waals surface area (Å²) in [6.07, 6.45) is 3.07. The van der Waals surface area contributed by atoms with E-state index in [0.717, 1.165) is 29.5 Å². The van der Waals surface area contributed by atoms with Gasteiger partial charge in [-0.25, -0.2) is 4.98 Å². The van der Waals surface area contributed by atoms with Gasteiger partial charge in [0.15, 0.2) is 22.4 Å². The Labute approximate surface area is 175 Å². The van der Waals surface area contributed by atoms with Crippen LogP contribution in [0, 0.1) is 5.92 Å². The number of thiophene rings is 1. The minimum atomic E-state index is -0.101. The first kappa shape index (κ1) is 18.7. The highest BCUT2D eigenvalue weighted by Gasteiger charge is 2.23. The molecule has 2 aliphatic rings. The highest BCUT2D eigenvalue weighted by Crippen LogP contribution is 2.36. The van der Waals surface area contributed by atoms with Crippen molar-refractivity contribution in [2.45, 2.75) is 31.3 Å². The monoisotopic (exact) mass is 428 g/mol. The molecule has 0 saturated heterocycles. The second-order valence-electron chi connectivity index (χ2n) is 7.47. The lowest BCUT2D eigenvalue weighted by Gasteiger charge is -2.18. The smallest absolute Gasteiger partial charge is 0.260 e. The maximum Gasteiger partial charge on any atom is 0.260 e. The fourth-order valence-electron chi connectivity index (χ4n) is 3.83. The average Bonchev–Trinajstić information content (AvgIpc) is 3.09. The zero-order chi connectivity index (χ0) is 20.0. The molecule has 1 aliphatic heterocycles. The van der Waals surface area contributed by atoms with Gasteiger partial charge in [-0.15, -0.1) is 11.3 Å². The third-order valence-corrected chi connectivity index (χ3v) is 7.37. The molecule has 0 saturated carbocycles. The van der Waals surface area contributed by atoms with Crippen LogP contribution in [0.2, 0.25) is 0 Å². The quantitative estimate of drug-likeness (QED) is 0.386. The van der Waals surface area contributed by atoms with Gasteiger partial charge in [0.05, 0.1) is 11.1 Å². The van der Waals surface area contributed by atoms with Crippen LogP contribution in [0.5, 0.6) is 11.5 Å². The van der Waals surface area contributed by atoms with E-state index in [0.29, 0.717) is 41.4 Å². The van der Waals surface area contributed by atoms with Crippen LogP contribution in [0.25, 0.3) is 10.2 Å². The van der Waals surface area contributed by atoms with Crippen molar-refractivity contribution in [3.63, 3.8) is 0 Å². The van der Waals surface area contributed by atoms with E-state index in [1.807, 2.05) is 0 Å². The first-order valence-electron chi connectivity index (χ1n) is 9.68. The number of Topliss-reactive ketones (excluding diaryl/α,β-unsaturated/α-hetero) is 1. The maximum atomic E-state index is 12.7. The van der Waals surface area contributed by atoms with E-state index in [1.165, 1.54) is 22.2 Å². The Balaban J connectivity index is 1.35. The lowest BCUT2D eigenvalue weighted by Crippen LogP contribution is -2.16. The molecule has 5 rings (SSSR count). The molecular formula is C21H20N2O4S2. The third kappa shape index (κ3) is 3.55. The van der Waals surface area contributed by atoms with E-state index in [2.05, 4.69) is 16.9 Å².